The van der Waals surface area contributed by atoms with Crippen LogP contribution in [0, 0.1) is 0 Å². The Morgan fingerprint density at radius 3 is 2.78 bits per heavy atom. The lowest BCUT2D eigenvalue weighted by Gasteiger charge is -2.07. The lowest BCUT2D eigenvalue weighted by molar-refractivity contribution is 0.470. The van der Waals surface area contributed by atoms with Crippen molar-refractivity contribution in [2.45, 2.75) is 37.0 Å². The Bertz CT molecular complexity index is 510. The zero-order valence-corrected chi connectivity index (χ0v) is 11.4. The van der Waals surface area contributed by atoms with E-state index in [1.807, 2.05) is 26.0 Å². The summed E-state index contributed by atoms with van der Waals surface area (Å²) < 4.78 is 5.46. The highest BCUT2D eigenvalue weighted by molar-refractivity contribution is 7.98. The van der Waals surface area contributed by atoms with Gasteiger partial charge in [-0.15, -0.1) is 22.0 Å². The summed E-state index contributed by atoms with van der Waals surface area (Å²) in [5, 5.41) is 7.94. The summed E-state index contributed by atoms with van der Waals surface area (Å²) >= 11 is 1.68. The zero-order chi connectivity index (χ0) is 13.0. The molecule has 0 fully saturated rings. The monoisotopic (exact) mass is 263 g/mol. The van der Waals surface area contributed by atoms with Gasteiger partial charge in [-0.1, -0.05) is 19.1 Å². The van der Waals surface area contributed by atoms with E-state index in [4.69, 9.17) is 10.2 Å². The normalized spacial score (nSPS) is 12.6. The van der Waals surface area contributed by atoms with E-state index in [1.54, 1.807) is 11.8 Å². The molecule has 0 amide bonds. The van der Waals surface area contributed by atoms with Crippen molar-refractivity contribution in [3.8, 4) is 0 Å². The van der Waals surface area contributed by atoms with Crippen LogP contribution >= 0.6 is 11.8 Å². The molecule has 2 N–H and O–H groups in total. The number of thioether (sulfide) groups is 1. The molecule has 0 bridgehead atoms. The molecule has 0 aliphatic rings. The van der Waals surface area contributed by atoms with Crippen LogP contribution in [0.5, 0.6) is 0 Å². The first kappa shape index (κ1) is 13.1. The van der Waals surface area contributed by atoms with Gasteiger partial charge in [-0.3, -0.25) is 0 Å². The van der Waals surface area contributed by atoms with Gasteiger partial charge in [0.1, 0.15) is 0 Å². The van der Waals surface area contributed by atoms with E-state index in [0.717, 1.165) is 12.0 Å². The number of hydrogen-bond acceptors (Lipinski definition) is 5. The average Bonchev–Trinajstić information content (AvgIpc) is 2.84. The molecule has 18 heavy (non-hydrogen) atoms. The summed E-state index contributed by atoms with van der Waals surface area (Å²) in [4.78, 5) is 1.17. The second-order valence-corrected chi connectivity index (χ2v) is 5.14. The fourth-order valence-corrected chi connectivity index (χ4v) is 2.32. The molecule has 1 heterocycles. The van der Waals surface area contributed by atoms with Crippen molar-refractivity contribution in [2.75, 3.05) is 0 Å². The van der Waals surface area contributed by atoms with Crippen molar-refractivity contribution in [1.29, 1.82) is 0 Å². The van der Waals surface area contributed by atoms with Gasteiger partial charge in [0.2, 0.25) is 11.8 Å². The average molecular weight is 263 g/mol. The molecule has 2 aromatic rings. The molecule has 0 aliphatic carbocycles. The molecule has 1 aromatic carbocycles. The fraction of sp³-hybridized carbons (Fsp3) is 0.385. The number of nitrogens with two attached hydrogens (primary N) is 1. The third-order valence-corrected chi connectivity index (χ3v) is 3.54. The molecule has 0 radical (unpaired) electrons. The first-order valence-electron chi connectivity index (χ1n) is 5.98. The molecule has 0 saturated heterocycles. The summed E-state index contributed by atoms with van der Waals surface area (Å²) in [7, 11) is 0. The Labute approximate surface area is 111 Å². The van der Waals surface area contributed by atoms with E-state index < -0.39 is 0 Å². The molecular weight excluding hydrogens is 246 g/mol. The molecule has 2 rings (SSSR count). The maximum Gasteiger partial charge on any atom is 0.226 e. The smallest absolute Gasteiger partial charge is 0.226 e. The molecule has 5 heteroatoms. The first-order valence-corrected chi connectivity index (χ1v) is 6.97. The minimum atomic E-state index is 0.0562. The summed E-state index contributed by atoms with van der Waals surface area (Å²) in [5.74, 6) is 2.05. The Balaban J connectivity index is 1.99. The largest absolute Gasteiger partial charge is 0.424 e. The van der Waals surface area contributed by atoms with Gasteiger partial charge >= 0.3 is 0 Å². The third-order valence-electron chi connectivity index (χ3n) is 2.56. The van der Waals surface area contributed by atoms with Crippen molar-refractivity contribution in [1.82, 2.24) is 10.2 Å². The van der Waals surface area contributed by atoms with Crippen LogP contribution in [-0.2, 0) is 12.2 Å². The van der Waals surface area contributed by atoms with Crippen molar-refractivity contribution in [2.24, 2.45) is 5.73 Å². The van der Waals surface area contributed by atoms with Crippen molar-refractivity contribution >= 4 is 11.8 Å². The highest BCUT2D eigenvalue weighted by Gasteiger charge is 2.06. The van der Waals surface area contributed by atoms with Gasteiger partial charge < -0.3 is 10.2 Å². The number of hydrogen-bond donors (Lipinski definition) is 1. The molecule has 0 saturated carbocycles. The SMILES string of the molecule is CCc1nnc(CSc2cccc(C(C)N)c2)o1. The molecule has 1 unspecified atom stereocenters. The Morgan fingerprint density at radius 2 is 2.11 bits per heavy atom. The Morgan fingerprint density at radius 1 is 1.33 bits per heavy atom. The van der Waals surface area contributed by atoms with E-state index in [9.17, 15) is 0 Å². The predicted molar refractivity (Wildman–Crippen MR) is 72.3 cm³/mol. The fourth-order valence-electron chi connectivity index (χ4n) is 1.52. The number of aromatic nitrogens is 2. The van der Waals surface area contributed by atoms with Crippen LogP contribution in [-0.4, -0.2) is 10.2 Å². The van der Waals surface area contributed by atoms with E-state index in [1.165, 1.54) is 4.90 Å². The van der Waals surface area contributed by atoms with E-state index in [-0.39, 0.29) is 6.04 Å². The molecule has 96 valence electrons. The van der Waals surface area contributed by atoms with E-state index in [0.29, 0.717) is 17.5 Å². The molecule has 1 aromatic heterocycles. The van der Waals surface area contributed by atoms with E-state index in [2.05, 4.69) is 22.3 Å². The summed E-state index contributed by atoms with van der Waals surface area (Å²) in [6.07, 6.45) is 0.776. The number of nitrogens with zero attached hydrogens (tertiary/aromatic N) is 2. The predicted octanol–water partition coefficient (Wildman–Crippen LogP) is 2.94. The summed E-state index contributed by atoms with van der Waals surface area (Å²) in [5.41, 5.74) is 7.00. The van der Waals surface area contributed by atoms with Crippen molar-refractivity contribution in [3.05, 3.63) is 41.6 Å². The van der Waals surface area contributed by atoms with E-state index >= 15 is 0 Å². The minimum Gasteiger partial charge on any atom is -0.424 e. The van der Waals surface area contributed by atoms with Gasteiger partial charge in [0.15, 0.2) is 0 Å². The van der Waals surface area contributed by atoms with Gasteiger partial charge in [-0.2, -0.15) is 0 Å². The standard InChI is InChI=1S/C13H17N3OS/c1-3-12-15-16-13(17-12)8-18-11-6-4-5-10(7-11)9(2)14/h4-7,9H,3,8,14H2,1-2H3. The van der Waals surface area contributed by atoms with Crippen LogP contribution in [0.4, 0.5) is 0 Å². The topological polar surface area (TPSA) is 64.9 Å². The van der Waals surface area contributed by atoms with Crippen molar-refractivity contribution < 1.29 is 4.42 Å². The van der Waals surface area contributed by atoms with Gasteiger partial charge in [0.05, 0.1) is 5.75 Å². The Hall–Kier alpha value is -1.33. The van der Waals surface area contributed by atoms with Gasteiger partial charge in [0, 0.05) is 17.4 Å². The van der Waals surface area contributed by atoms with Crippen LogP contribution in [0.3, 0.4) is 0 Å². The molecule has 4 nitrogen and oxygen atoms in total. The maximum absolute atomic E-state index is 5.86. The highest BCUT2D eigenvalue weighted by Crippen LogP contribution is 2.24. The molecule has 0 spiro atoms. The van der Waals surface area contributed by atoms with Crippen LogP contribution in [0.25, 0.3) is 0 Å². The number of rotatable bonds is 5. The summed E-state index contributed by atoms with van der Waals surface area (Å²) in [6.45, 7) is 3.98. The summed E-state index contributed by atoms with van der Waals surface area (Å²) in [6, 6.07) is 8.28. The Kier molecular flexibility index (Phi) is 4.38. The van der Waals surface area contributed by atoms with Crippen molar-refractivity contribution in [3.63, 3.8) is 0 Å². The minimum absolute atomic E-state index is 0.0562. The number of benzene rings is 1. The molecule has 1 atom stereocenters. The molecular formula is C13H17N3OS. The molecule has 0 aliphatic heterocycles. The highest BCUT2D eigenvalue weighted by atomic mass is 32.2. The number of aryl methyl sites for hydroxylation is 1. The maximum atomic E-state index is 5.86. The van der Waals surface area contributed by atoms with Gasteiger partial charge in [-0.05, 0) is 24.6 Å². The van der Waals surface area contributed by atoms with Crippen LogP contribution in [0.2, 0.25) is 0 Å². The van der Waals surface area contributed by atoms with Gasteiger partial charge in [-0.25, -0.2) is 0 Å². The van der Waals surface area contributed by atoms with Crippen LogP contribution in [0.1, 0.15) is 37.2 Å². The van der Waals surface area contributed by atoms with Gasteiger partial charge in [0.25, 0.3) is 0 Å². The lowest BCUT2D eigenvalue weighted by atomic mass is 10.1. The zero-order valence-electron chi connectivity index (χ0n) is 10.6. The second-order valence-electron chi connectivity index (χ2n) is 4.09. The lowest BCUT2D eigenvalue weighted by Crippen LogP contribution is -2.04. The first-order chi connectivity index (χ1) is 8.69. The quantitative estimate of drug-likeness (QED) is 0.840. The van der Waals surface area contributed by atoms with Crippen LogP contribution < -0.4 is 5.73 Å². The second kappa shape index (κ2) is 6.02. The van der Waals surface area contributed by atoms with Crippen LogP contribution in [0.15, 0.2) is 33.6 Å². The third kappa shape index (κ3) is 3.34.